The van der Waals surface area contributed by atoms with Crippen LogP contribution in [0.2, 0.25) is 0 Å². The van der Waals surface area contributed by atoms with E-state index in [0.29, 0.717) is 22.4 Å². The first-order valence-electron chi connectivity index (χ1n) is 6.68. The molecule has 5 nitrogen and oxygen atoms in total. The van der Waals surface area contributed by atoms with Gasteiger partial charge in [0, 0.05) is 18.0 Å². The molecular formula is C15H14F3N3O2. The van der Waals surface area contributed by atoms with Crippen molar-refractivity contribution in [2.45, 2.75) is 26.1 Å². The molecule has 23 heavy (non-hydrogen) atoms. The second kappa shape index (κ2) is 6.23. The van der Waals surface area contributed by atoms with Crippen LogP contribution in [0, 0.1) is 6.92 Å². The summed E-state index contributed by atoms with van der Waals surface area (Å²) in [4.78, 5) is 18.2. The first-order valence-corrected chi connectivity index (χ1v) is 6.68. The minimum Gasteiger partial charge on any atom is -0.465 e. The number of alkyl halides is 3. The first kappa shape index (κ1) is 16.7. The number of aryl methyl sites for hydroxylation is 1. The molecule has 1 unspecified atom stereocenters. The van der Waals surface area contributed by atoms with Crippen LogP contribution in [0.1, 0.15) is 29.9 Å². The fraction of sp³-hybridized carbons (Fsp3) is 0.267. The summed E-state index contributed by atoms with van der Waals surface area (Å²) < 4.78 is 38.1. The van der Waals surface area contributed by atoms with Gasteiger partial charge >= 0.3 is 12.3 Å². The molecule has 0 aliphatic rings. The van der Waals surface area contributed by atoms with Crippen LogP contribution in [-0.2, 0) is 6.18 Å². The quantitative estimate of drug-likeness (QED) is 0.900. The van der Waals surface area contributed by atoms with E-state index in [1.807, 2.05) is 0 Å². The Labute approximate surface area is 130 Å². The maximum Gasteiger partial charge on any atom is 0.433 e. The summed E-state index contributed by atoms with van der Waals surface area (Å²) in [5, 5.41) is 11.0. The Morgan fingerprint density at radius 3 is 2.52 bits per heavy atom. The average molecular weight is 325 g/mol. The average Bonchev–Trinajstić information content (AvgIpc) is 2.45. The van der Waals surface area contributed by atoms with E-state index in [1.54, 1.807) is 19.9 Å². The number of hydrogen-bond donors (Lipinski definition) is 2. The SMILES string of the molecule is Cc1cc(-c2ccnc(C(F)(F)F)c2)cnc1C(C)NC(=O)O. The van der Waals surface area contributed by atoms with Crippen molar-refractivity contribution in [2.75, 3.05) is 0 Å². The molecule has 2 aromatic heterocycles. The maximum atomic E-state index is 12.7. The lowest BCUT2D eigenvalue weighted by molar-refractivity contribution is -0.141. The molecule has 0 bridgehead atoms. The molecule has 0 fully saturated rings. The van der Waals surface area contributed by atoms with Gasteiger partial charge in [-0.15, -0.1) is 0 Å². The third kappa shape index (κ3) is 3.97. The number of rotatable bonds is 3. The molecule has 0 aliphatic heterocycles. The lowest BCUT2D eigenvalue weighted by Gasteiger charge is -2.15. The van der Waals surface area contributed by atoms with Gasteiger partial charge in [-0.2, -0.15) is 13.2 Å². The van der Waals surface area contributed by atoms with Crippen molar-refractivity contribution in [3.8, 4) is 11.1 Å². The zero-order valence-electron chi connectivity index (χ0n) is 12.3. The van der Waals surface area contributed by atoms with E-state index >= 15 is 0 Å². The second-order valence-electron chi connectivity index (χ2n) is 5.02. The van der Waals surface area contributed by atoms with Gasteiger partial charge in [-0.1, -0.05) is 0 Å². The smallest absolute Gasteiger partial charge is 0.433 e. The summed E-state index contributed by atoms with van der Waals surface area (Å²) in [6.07, 6.45) is -3.18. The van der Waals surface area contributed by atoms with Crippen molar-refractivity contribution < 1.29 is 23.1 Å². The zero-order valence-corrected chi connectivity index (χ0v) is 12.3. The summed E-state index contributed by atoms with van der Waals surface area (Å²) in [5.41, 5.74) is 1.06. The zero-order chi connectivity index (χ0) is 17.2. The van der Waals surface area contributed by atoms with Crippen LogP contribution < -0.4 is 5.32 Å². The van der Waals surface area contributed by atoms with E-state index in [0.717, 1.165) is 12.3 Å². The van der Waals surface area contributed by atoms with Gasteiger partial charge in [0.05, 0.1) is 11.7 Å². The van der Waals surface area contributed by atoms with E-state index in [2.05, 4.69) is 15.3 Å². The molecule has 0 spiro atoms. The normalized spacial score (nSPS) is 12.7. The summed E-state index contributed by atoms with van der Waals surface area (Å²) in [6, 6.07) is 3.56. The van der Waals surface area contributed by atoms with Crippen LogP contribution in [0.3, 0.4) is 0 Å². The highest BCUT2D eigenvalue weighted by Gasteiger charge is 2.32. The molecular weight excluding hydrogens is 311 g/mol. The largest absolute Gasteiger partial charge is 0.465 e. The Balaban J connectivity index is 2.36. The summed E-state index contributed by atoms with van der Waals surface area (Å²) in [7, 11) is 0. The van der Waals surface area contributed by atoms with Crippen LogP contribution in [0.25, 0.3) is 11.1 Å². The first-order chi connectivity index (χ1) is 10.7. The topological polar surface area (TPSA) is 75.1 Å². The van der Waals surface area contributed by atoms with Gasteiger partial charge in [0.15, 0.2) is 0 Å². The number of amides is 1. The summed E-state index contributed by atoms with van der Waals surface area (Å²) >= 11 is 0. The van der Waals surface area contributed by atoms with E-state index in [9.17, 15) is 18.0 Å². The molecule has 8 heteroatoms. The third-order valence-corrected chi connectivity index (χ3v) is 3.25. The second-order valence-corrected chi connectivity index (χ2v) is 5.02. The van der Waals surface area contributed by atoms with Crippen LogP contribution in [0.5, 0.6) is 0 Å². The molecule has 1 amide bonds. The molecule has 2 rings (SSSR count). The Morgan fingerprint density at radius 2 is 1.96 bits per heavy atom. The van der Waals surface area contributed by atoms with Gasteiger partial charge in [-0.25, -0.2) is 4.79 Å². The van der Waals surface area contributed by atoms with E-state index in [4.69, 9.17) is 5.11 Å². The summed E-state index contributed by atoms with van der Waals surface area (Å²) in [6.45, 7) is 3.36. The Hall–Kier alpha value is -2.64. The Kier molecular flexibility index (Phi) is 4.53. The van der Waals surface area contributed by atoms with Gasteiger partial charge in [-0.05, 0) is 43.2 Å². The van der Waals surface area contributed by atoms with Crippen LogP contribution >= 0.6 is 0 Å². The molecule has 122 valence electrons. The van der Waals surface area contributed by atoms with Crippen molar-refractivity contribution >= 4 is 6.09 Å². The minimum atomic E-state index is -4.52. The van der Waals surface area contributed by atoms with Crippen LogP contribution in [0.4, 0.5) is 18.0 Å². The van der Waals surface area contributed by atoms with E-state index in [1.165, 1.54) is 12.3 Å². The number of aromatic nitrogens is 2. The number of carboxylic acid groups (broad SMARTS) is 1. The standard InChI is InChI=1S/C15H14F3N3O2/c1-8-5-11(7-20-13(8)9(2)21-14(22)23)10-3-4-19-12(6-10)15(16,17)18/h3-7,9,21H,1-2H3,(H,22,23). The van der Waals surface area contributed by atoms with Crippen LogP contribution in [-0.4, -0.2) is 21.2 Å². The molecule has 0 radical (unpaired) electrons. The molecule has 2 N–H and O–H groups in total. The fourth-order valence-electron chi connectivity index (χ4n) is 2.22. The third-order valence-electron chi connectivity index (χ3n) is 3.25. The van der Waals surface area contributed by atoms with Gasteiger partial charge in [0.1, 0.15) is 5.69 Å². The number of nitrogens with one attached hydrogen (secondary N) is 1. The highest BCUT2D eigenvalue weighted by molar-refractivity contribution is 5.66. The number of carbonyl (C=O) groups is 1. The van der Waals surface area contributed by atoms with Gasteiger partial charge in [-0.3, -0.25) is 9.97 Å². The van der Waals surface area contributed by atoms with E-state index < -0.39 is 24.0 Å². The molecule has 0 aromatic carbocycles. The lowest BCUT2D eigenvalue weighted by atomic mass is 10.0. The van der Waals surface area contributed by atoms with Crippen molar-refractivity contribution in [2.24, 2.45) is 0 Å². The monoisotopic (exact) mass is 325 g/mol. The molecule has 1 atom stereocenters. The lowest BCUT2D eigenvalue weighted by Crippen LogP contribution is -2.25. The highest BCUT2D eigenvalue weighted by Crippen LogP contribution is 2.31. The predicted octanol–water partition coefficient (Wildman–Crippen LogP) is 3.80. The Bertz CT molecular complexity index is 732. The number of hydrogen-bond acceptors (Lipinski definition) is 3. The summed E-state index contributed by atoms with van der Waals surface area (Å²) in [5.74, 6) is 0. The predicted molar refractivity (Wildman–Crippen MR) is 76.8 cm³/mol. The van der Waals surface area contributed by atoms with Gasteiger partial charge in [0.2, 0.25) is 0 Å². The minimum absolute atomic E-state index is 0.341. The number of halogens is 3. The van der Waals surface area contributed by atoms with Gasteiger partial charge < -0.3 is 10.4 Å². The molecule has 2 heterocycles. The maximum absolute atomic E-state index is 12.7. The molecule has 0 aliphatic carbocycles. The van der Waals surface area contributed by atoms with Crippen molar-refractivity contribution in [1.29, 1.82) is 0 Å². The van der Waals surface area contributed by atoms with Crippen molar-refractivity contribution in [1.82, 2.24) is 15.3 Å². The van der Waals surface area contributed by atoms with Crippen molar-refractivity contribution in [3.05, 3.63) is 47.5 Å². The molecule has 2 aromatic rings. The number of nitrogens with zero attached hydrogens (tertiary/aromatic N) is 2. The fourth-order valence-corrected chi connectivity index (χ4v) is 2.22. The molecule has 0 saturated heterocycles. The Morgan fingerprint density at radius 1 is 1.26 bits per heavy atom. The van der Waals surface area contributed by atoms with Gasteiger partial charge in [0.25, 0.3) is 0 Å². The molecule has 0 saturated carbocycles. The van der Waals surface area contributed by atoms with E-state index in [-0.39, 0.29) is 0 Å². The highest BCUT2D eigenvalue weighted by atomic mass is 19.4. The van der Waals surface area contributed by atoms with Crippen LogP contribution in [0.15, 0.2) is 30.6 Å². The number of pyridine rings is 2. The van der Waals surface area contributed by atoms with Crippen molar-refractivity contribution in [3.63, 3.8) is 0 Å².